The Labute approximate surface area is 247 Å². The Morgan fingerprint density at radius 1 is 1.14 bits per heavy atom. The number of fused-ring (bicyclic) bond motifs is 1. The molecule has 0 bridgehead atoms. The second-order valence-electron chi connectivity index (χ2n) is 10.4. The minimum Gasteiger partial charge on any atom is -0.496 e. The van der Waals surface area contributed by atoms with E-state index in [1.807, 2.05) is 0 Å². The highest BCUT2D eigenvalue weighted by Gasteiger charge is 2.36. The number of nitrogens with one attached hydrogen (secondary N) is 1. The number of halogens is 1. The van der Waals surface area contributed by atoms with Crippen LogP contribution in [-0.4, -0.2) is 61.1 Å². The number of benzene rings is 1. The van der Waals surface area contributed by atoms with Gasteiger partial charge in [0.05, 0.1) is 38.9 Å². The van der Waals surface area contributed by atoms with Crippen LogP contribution in [0.1, 0.15) is 61.5 Å². The number of esters is 1. The fourth-order valence-electron chi connectivity index (χ4n) is 4.57. The Bertz CT molecular complexity index is 1570. The molecule has 0 spiro atoms. The van der Waals surface area contributed by atoms with Crippen LogP contribution < -0.4 is 21.3 Å². The van der Waals surface area contributed by atoms with Crippen LogP contribution in [-0.2, 0) is 31.1 Å². The van der Waals surface area contributed by atoms with Crippen LogP contribution in [0.4, 0.5) is 4.39 Å². The minimum absolute atomic E-state index is 0.0925. The van der Waals surface area contributed by atoms with E-state index in [1.165, 1.54) is 50.8 Å². The Kier molecular flexibility index (Phi) is 10.7. The average Bonchev–Trinajstić information content (AvgIpc) is 3.27. The molecule has 1 amide bonds. The molecule has 0 fully saturated rings. The van der Waals surface area contributed by atoms with Gasteiger partial charge >= 0.3 is 11.7 Å². The van der Waals surface area contributed by atoms with E-state index in [0.717, 1.165) is 15.9 Å². The summed E-state index contributed by atoms with van der Waals surface area (Å²) in [6, 6.07) is 3.68. The lowest BCUT2D eigenvalue weighted by molar-refractivity contribution is -0.129. The number of aryl methyl sites for hydroxylation is 1. The van der Waals surface area contributed by atoms with Crippen LogP contribution >= 0.6 is 11.3 Å². The predicted octanol–water partition coefficient (Wildman–Crippen LogP) is 3.52. The van der Waals surface area contributed by atoms with Crippen LogP contribution in [0.3, 0.4) is 0 Å². The molecule has 1 N–H and O–H groups in total. The summed E-state index contributed by atoms with van der Waals surface area (Å²) in [6.07, 6.45) is -0.946. The molecule has 3 aromatic rings. The molecule has 1 aromatic carbocycles. The van der Waals surface area contributed by atoms with Gasteiger partial charge in [0.1, 0.15) is 32.9 Å². The predicted molar refractivity (Wildman–Crippen MR) is 157 cm³/mol. The maximum atomic E-state index is 14.4. The van der Waals surface area contributed by atoms with E-state index in [9.17, 15) is 23.6 Å². The van der Waals surface area contributed by atoms with Crippen molar-refractivity contribution in [3.8, 4) is 5.75 Å². The highest BCUT2D eigenvalue weighted by Crippen LogP contribution is 2.33. The highest BCUT2D eigenvalue weighted by molar-refractivity contribution is 7.20. The summed E-state index contributed by atoms with van der Waals surface area (Å²) in [7, 11) is 2.93. The summed E-state index contributed by atoms with van der Waals surface area (Å²) in [4.78, 5) is 54.6. The topological polar surface area (TPSA) is 127 Å². The Morgan fingerprint density at radius 2 is 1.83 bits per heavy atom. The maximum absolute atomic E-state index is 14.4. The molecule has 0 saturated heterocycles. The molecule has 230 valence electrons. The number of hydrogen-bond acceptors (Lipinski definition) is 9. The molecule has 0 aliphatic carbocycles. The van der Waals surface area contributed by atoms with Crippen LogP contribution in [0.25, 0.3) is 10.2 Å². The van der Waals surface area contributed by atoms with E-state index in [1.54, 1.807) is 27.7 Å². The smallest absolute Gasteiger partial charge is 0.348 e. The zero-order chi connectivity index (χ0) is 31.4. The molecule has 11 nitrogen and oxygen atoms in total. The first kappa shape index (κ1) is 33.0. The number of carbonyl (C=O) groups excluding carboxylic acids is 2. The van der Waals surface area contributed by atoms with Crippen LogP contribution in [0, 0.1) is 12.7 Å². The lowest BCUT2D eigenvalue weighted by Gasteiger charge is -2.28. The van der Waals surface area contributed by atoms with Gasteiger partial charge in [-0.3, -0.25) is 14.2 Å². The number of rotatable bonds is 13. The third-order valence-corrected chi connectivity index (χ3v) is 8.00. The molecule has 2 aromatic heterocycles. The van der Waals surface area contributed by atoms with Gasteiger partial charge in [0.2, 0.25) is 5.91 Å². The molecule has 42 heavy (non-hydrogen) atoms. The SMILES string of the molecule is CCOC(=O)c1sc2c(c1C)c(=O)n(C(C)(C)C(=O)NC(C)C)c(=O)n2C[C@H](OCCOC)c1cc(F)ccc1OC. The fraction of sp³-hybridized carbons (Fsp3) is 0.517. The molecule has 1 atom stereocenters. The first-order valence-corrected chi connectivity index (χ1v) is 14.3. The van der Waals surface area contributed by atoms with Gasteiger partial charge in [-0.15, -0.1) is 11.3 Å². The maximum Gasteiger partial charge on any atom is 0.348 e. The van der Waals surface area contributed by atoms with Crippen molar-refractivity contribution in [1.29, 1.82) is 0 Å². The van der Waals surface area contributed by atoms with Gasteiger partial charge in [-0.2, -0.15) is 0 Å². The van der Waals surface area contributed by atoms with Gasteiger partial charge in [-0.25, -0.2) is 18.5 Å². The summed E-state index contributed by atoms with van der Waals surface area (Å²) < 4.78 is 38.5. The molecule has 0 aliphatic heterocycles. The van der Waals surface area contributed by atoms with Crippen molar-refractivity contribution >= 4 is 33.4 Å². The zero-order valence-electron chi connectivity index (χ0n) is 25.2. The van der Waals surface area contributed by atoms with Crippen molar-refractivity contribution in [2.45, 2.75) is 65.8 Å². The molecule has 0 unspecified atom stereocenters. The number of hydrogen-bond donors (Lipinski definition) is 1. The van der Waals surface area contributed by atoms with E-state index in [0.29, 0.717) is 16.9 Å². The van der Waals surface area contributed by atoms with Gasteiger partial charge in [0, 0.05) is 18.7 Å². The van der Waals surface area contributed by atoms with Crippen molar-refractivity contribution in [2.24, 2.45) is 0 Å². The lowest BCUT2D eigenvalue weighted by atomic mass is 10.0. The summed E-state index contributed by atoms with van der Waals surface area (Å²) in [6.45, 7) is 9.94. The number of thiophene rings is 1. The Balaban J connectivity index is 2.38. The van der Waals surface area contributed by atoms with E-state index < -0.39 is 40.6 Å². The largest absolute Gasteiger partial charge is 0.496 e. The van der Waals surface area contributed by atoms with Gasteiger partial charge in [-0.1, -0.05) is 0 Å². The zero-order valence-corrected chi connectivity index (χ0v) is 26.0. The van der Waals surface area contributed by atoms with E-state index in [2.05, 4.69) is 5.32 Å². The molecule has 13 heteroatoms. The van der Waals surface area contributed by atoms with Crippen LogP contribution in [0.5, 0.6) is 5.75 Å². The summed E-state index contributed by atoms with van der Waals surface area (Å²) in [5.41, 5.74) is -2.50. The Morgan fingerprint density at radius 3 is 2.43 bits per heavy atom. The van der Waals surface area contributed by atoms with Crippen molar-refractivity contribution in [3.05, 3.63) is 60.9 Å². The monoisotopic (exact) mass is 607 g/mol. The third kappa shape index (κ3) is 6.58. The van der Waals surface area contributed by atoms with Gasteiger partial charge in [0.25, 0.3) is 5.56 Å². The van der Waals surface area contributed by atoms with Gasteiger partial charge in [0.15, 0.2) is 0 Å². The number of nitrogens with zero attached hydrogens (tertiary/aromatic N) is 2. The second kappa shape index (κ2) is 13.6. The van der Waals surface area contributed by atoms with Gasteiger partial charge in [-0.05, 0) is 65.3 Å². The molecular formula is C29H38FN3O8S. The first-order valence-electron chi connectivity index (χ1n) is 13.5. The van der Waals surface area contributed by atoms with Crippen molar-refractivity contribution < 1.29 is 32.9 Å². The van der Waals surface area contributed by atoms with Crippen molar-refractivity contribution in [2.75, 3.05) is 34.0 Å². The van der Waals surface area contributed by atoms with Crippen molar-refractivity contribution in [3.63, 3.8) is 0 Å². The number of aromatic nitrogens is 2. The molecular weight excluding hydrogens is 569 g/mol. The van der Waals surface area contributed by atoms with E-state index >= 15 is 0 Å². The quantitative estimate of drug-likeness (QED) is 0.231. The second-order valence-corrected chi connectivity index (χ2v) is 11.4. The highest BCUT2D eigenvalue weighted by atomic mass is 32.1. The first-order chi connectivity index (χ1) is 19.8. The van der Waals surface area contributed by atoms with Crippen molar-refractivity contribution in [1.82, 2.24) is 14.5 Å². The fourth-order valence-corrected chi connectivity index (χ4v) is 5.77. The standard InChI is InChI=1S/C29H38FN3O8S/c1-9-40-26(35)23-17(4)22-24(34)33(29(5,6)27(36)31-16(2)3)28(37)32(25(22)42-23)15-21(41-13-12-38-7)19-14-18(30)10-11-20(19)39-8/h10-11,14,16,21H,9,12-13,15H2,1-8H3,(H,31,36)/t21-/m0/s1. The average molecular weight is 608 g/mol. The summed E-state index contributed by atoms with van der Waals surface area (Å²) in [5.74, 6) is -1.40. The minimum atomic E-state index is -1.62. The molecule has 2 heterocycles. The van der Waals surface area contributed by atoms with Crippen LogP contribution in [0.2, 0.25) is 0 Å². The number of ether oxygens (including phenoxy) is 4. The number of amides is 1. The number of methoxy groups -OCH3 is 2. The molecule has 3 rings (SSSR count). The van der Waals surface area contributed by atoms with Crippen LogP contribution in [0.15, 0.2) is 27.8 Å². The lowest BCUT2D eigenvalue weighted by Crippen LogP contribution is -2.56. The Hall–Kier alpha value is -3.55. The molecule has 0 radical (unpaired) electrons. The molecule has 0 aliphatic rings. The summed E-state index contributed by atoms with van der Waals surface area (Å²) in [5, 5.41) is 2.86. The van der Waals surface area contributed by atoms with Gasteiger partial charge < -0.3 is 24.3 Å². The van der Waals surface area contributed by atoms with E-state index in [-0.39, 0.29) is 47.5 Å². The molecule has 0 saturated carbocycles. The normalized spacial score (nSPS) is 12.5. The van der Waals surface area contributed by atoms with E-state index in [4.69, 9.17) is 18.9 Å². The number of carbonyl (C=O) groups is 2. The summed E-state index contributed by atoms with van der Waals surface area (Å²) >= 11 is 0.933. The third-order valence-electron chi connectivity index (χ3n) is 6.70.